The average molecular weight is 627 g/mol. The van der Waals surface area contributed by atoms with E-state index in [4.69, 9.17) is 17.0 Å². The molecule has 2 aromatic carbocycles. The summed E-state index contributed by atoms with van der Waals surface area (Å²) < 4.78 is 35.4. The highest BCUT2D eigenvalue weighted by Gasteiger charge is 2.42. The van der Waals surface area contributed by atoms with Crippen molar-refractivity contribution in [1.29, 1.82) is 0 Å². The molecule has 2 N–H and O–H groups in total. The summed E-state index contributed by atoms with van der Waals surface area (Å²) in [6.45, 7) is 4.19. The van der Waals surface area contributed by atoms with Crippen LogP contribution in [-0.2, 0) is 10.0 Å². The average Bonchev–Trinajstić information content (AvgIpc) is 3.39. The maximum absolute atomic E-state index is 12.1. The van der Waals surface area contributed by atoms with Gasteiger partial charge in [0, 0.05) is 33.4 Å². The van der Waals surface area contributed by atoms with E-state index < -0.39 is 10.0 Å². The molecular weight excluding hydrogens is 598 g/mol. The summed E-state index contributed by atoms with van der Waals surface area (Å²) in [5.74, 6) is 0.411. The molecule has 0 radical (unpaired) electrons. The Bertz CT molecular complexity index is 1640. The molecule has 5 rings (SSSR count). The monoisotopic (exact) mass is 625 g/mol. The van der Waals surface area contributed by atoms with Gasteiger partial charge in [0.05, 0.1) is 36.8 Å². The Morgan fingerprint density at radius 3 is 2.41 bits per heavy atom. The van der Waals surface area contributed by atoms with Gasteiger partial charge in [0.15, 0.2) is 5.11 Å². The number of aromatic nitrogens is 2. The first kappa shape index (κ1) is 27.2. The minimum atomic E-state index is -3.54. The topological polar surface area (TPSA) is 88.5 Å². The second kappa shape index (κ2) is 10.6. The van der Waals surface area contributed by atoms with Crippen molar-refractivity contribution in [3.63, 3.8) is 0 Å². The van der Waals surface area contributed by atoms with Gasteiger partial charge in [-0.1, -0.05) is 22.0 Å². The zero-order valence-corrected chi connectivity index (χ0v) is 25.1. The highest BCUT2D eigenvalue weighted by molar-refractivity contribution is 9.10. The van der Waals surface area contributed by atoms with Gasteiger partial charge in [-0.15, -0.1) is 0 Å². The number of rotatable bonds is 7. The number of thiocarbonyl (C=S) groups is 1. The van der Waals surface area contributed by atoms with Crippen molar-refractivity contribution in [2.45, 2.75) is 25.9 Å². The normalized spacial score (nSPS) is 17.3. The van der Waals surface area contributed by atoms with Gasteiger partial charge in [-0.25, -0.2) is 8.42 Å². The van der Waals surface area contributed by atoms with Gasteiger partial charge in [0.25, 0.3) is 0 Å². The van der Waals surface area contributed by atoms with Crippen LogP contribution in [0.5, 0.6) is 5.75 Å². The fourth-order valence-corrected chi connectivity index (χ4v) is 6.32. The predicted octanol–water partition coefficient (Wildman–Crippen LogP) is 5.81. The number of halogens is 1. The number of hydrogen-bond acceptors (Lipinski definition) is 5. The highest BCUT2D eigenvalue weighted by Crippen LogP contribution is 2.45. The number of hydrogen-bond donors (Lipinski definition) is 2. The highest BCUT2D eigenvalue weighted by atomic mass is 79.9. The first-order valence-electron chi connectivity index (χ1n) is 12.2. The molecule has 0 amide bonds. The Morgan fingerprint density at radius 2 is 1.77 bits per heavy atom. The second-order valence-corrected chi connectivity index (χ2v) is 12.4. The van der Waals surface area contributed by atoms with Gasteiger partial charge in [-0.2, -0.15) is 0 Å². The van der Waals surface area contributed by atoms with Gasteiger partial charge in [0.1, 0.15) is 5.75 Å². The van der Waals surface area contributed by atoms with Crippen LogP contribution in [0.4, 0.5) is 11.4 Å². The largest absolute Gasteiger partial charge is 0.495 e. The van der Waals surface area contributed by atoms with Gasteiger partial charge in [0.2, 0.25) is 10.0 Å². The summed E-state index contributed by atoms with van der Waals surface area (Å²) >= 11 is 9.41. The van der Waals surface area contributed by atoms with Crippen LogP contribution in [0, 0.1) is 13.8 Å². The summed E-state index contributed by atoms with van der Waals surface area (Å²) in [6.07, 6.45) is 2.88. The van der Waals surface area contributed by atoms with Crippen molar-refractivity contribution in [2.24, 2.45) is 0 Å². The van der Waals surface area contributed by atoms with Gasteiger partial charge < -0.3 is 19.5 Å². The number of aryl methyl sites for hydroxylation is 1. The molecule has 202 valence electrons. The van der Waals surface area contributed by atoms with Crippen molar-refractivity contribution in [3.8, 4) is 11.4 Å². The lowest BCUT2D eigenvalue weighted by Crippen LogP contribution is -2.29. The quantitative estimate of drug-likeness (QED) is 0.251. The Balaban J connectivity index is 1.68. The molecule has 39 heavy (non-hydrogen) atoms. The van der Waals surface area contributed by atoms with Gasteiger partial charge in [-0.05, 0) is 92.3 Å². The third kappa shape index (κ3) is 5.39. The van der Waals surface area contributed by atoms with E-state index >= 15 is 0 Å². The third-order valence-electron chi connectivity index (χ3n) is 6.73. The molecule has 0 saturated carbocycles. The Hall–Kier alpha value is -3.41. The number of pyridine rings is 1. The van der Waals surface area contributed by atoms with Crippen molar-refractivity contribution in [2.75, 3.05) is 23.0 Å². The molecule has 0 bridgehead atoms. The van der Waals surface area contributed by atoms with Crippen LogP contribution >= 0.6 is 28.1 Å². The van der Waals surface area contributed by atoms with E-state index in [0.717, 1.165) is 44.7 Å². The Morgan fingerprint density at radius 1 is 1.05 bits per heavy atom. The summed E-state index contributed by atoms with van der Waals surface area (Å²) in [5.41, 5.74) is 6.18. The fourth-order valence-electron chi connectivity index (χ4n) is 5.15. The molecule has 1 saturated heterocycles. The molecule has 2 atom stereocenters. The molecule has 1 aliphatic rings. The number of nitrogens with zero attached hydrogens (tertiary/aromatic N) is 3. The first-order chi connectivity index (χ1) is 18.6. The molecule has 0 spiro atoms. The molecule has 2 aromatic heterocycles. The minimum absolute atomic E-state index is 0.244. The number of sulfonamides is 1. The van der Waals surface area contributed by atoms with Gasteiger partial charge >= 0.3 is 0 Å². The van der Waals surface area contributed by atoms with E-state index in [-0.39, 0.29) is 12.1 Å². The molecule has 0 aliphatic carbocycles. The van der Waals surface area contributed by atoms with E-state index in [1.807, 2.05) is 41.3 Å². The fraction of sp³-hybridized carbons (Fsp3) is 0.214. The van der Waals surface area contributed by atoms with Crippen LogP contribution in [0.2, 0.25) is 0 Å². The molecule has 8 nitrogen and oxygen atoms in total. The Kier molecular flexibility index (Phi) is 7.41. The van der Waals surface area contributed by atoms with Gasteiger partial charge in [-0.3, -0.25) is 9.71 Å². The van der Waals surface area contributed by atoms with Crippen LogP contribution in [0.3, 0.4) is 0 Å². The lowest BCUT2D eigenvalue weighted by atomic mass is 9.96. The van der Waals surface area contributed by atoms with E-state index in [9.17, 15) is 8.42 Å². The molecule has 11 heteroatoms. The van der Waals surface area contributed by atoms with Crippen LogP contribution in [0.25, 0.3) is 5.69 Å². The smallest absolute Gasteiger partial charge is 0.229 e. The molecule has 1 aliphatic heterocycles. The third-order valence-corrected chi connectivity index (χ3v) is 8.16. The van der Waals surface area contributed by atoms with Crippen LogP contribution < -0.4 is 19.7 Å². The second-order valence-electron chi connectivity index (χ2n) is 9.39. The summed E-state index contributed by atoms with van der Waals surface area (Å²) in [4.78, 5) is 6.67. The SMILES string of the molecule is COc1ccc(N2C(=S)N[C@@H](c3ccccn3)[C@H]2c2cc(C)n(-c3ccc(Br)cc3)c2C)cc1NS(C)(=O)=O. The maximum Gasteiger partial charge on any atom is 0.229 e. The first-order valence-corrected chi connectivity index (χ1v) is 15.3. The number of nitrogens with one attached hydrogen (secondary N) is 2. The lowest BCUT2D eigenvalue weighted by molar-refractivity contribution is 0.417. The van der Waals surface area contributed by atoms with Crippen molar-refractivity contribution in [3.05, 3.63) is 100 Å². The number of anilines is 2. The van der Waals surface area contributed by atoms with Crippen LogP contribution in [0.1, 0.15) is 34.7 Å². The van der Waals surface area contributed by atoms with E-state index in [2.05, 4.69) is 67.6 Å². The molecule has 1 fully saturated rings. The predicted molar refractivity (Wildman–Crippen MR) is 162 cm³/mol. The van der Waals surface area contributed by atoms with E-state index in [0.29, 0.717) is 16.5 Å². The minimum Gasteiger partial charge on any atom is -0.495 e. The van der Waals surface area contributed by atoms with Crippen molar-refractivity contribution >= 4 is 54.7 Å². The molecule has 3 heterocycles. The molecule has 0 unspecified atom stereocenters. The summed E-state index contributed by atoms with van der Waals surface area (Å²) in [5, 5.41) is 3.99. The Labute approximate surface area is 242 Å². The zero-order chi connectivity index (χ0) is 27.9. The zero-order valence-electron chi connectivity index (χ0n) is 21.8. The number of benzene rings is 2. The van der Waals surface area contributed by atoms with E-state index in [1.165, 1.54) is 7.11 Å². The van der Waals surface area contributed by atoms with Crippen molar-refractivity contribution in [1.82, 2.24) is 14.9 Å². The summed E-state index contributed by atoms with van der Waals surface area (Å²) in [6, 6.07) is 21.1. The van der Waals surface area contributed by atoms with Crippen LogP contribution in [-0.4, -0.2) is 36.4 Å². The number of ether oxygens (including phenoxy) is 1. The summed E-state index contributed by atoms with van der Waals surface area (Å²) in [7, 11) is -2.04. The van der Waals surface area contributed by atoms with Crippen LogP contribution in [0.15, 0.2) is 77.4 Å². The molecule has 4 aromatic rings. The van der Waals surface area contributed by atoms with E-state index in [1.54, 1.807) is 18.3 Å². The maximum atomic E-state index is 12.1. The lowest BCUT2D eigenvalue weighted by Gasteiger charge is -2.29. The standard InChI is InChI=1S/C28H28BrN5O3S2/c1-17-15-22(18(2)33(17)20-10-8-19(29)9-11-20)27-26(23-7-5-6-14-30-23)31-28(38)34(27)21-12-13-25(37-3)24(16-21)32-39(4,35)36/h5-16,26-27,32H,1-4H3,(H,31,38)/t26-,27+/m0/s1. The molecular formula is C28H28BrN5O3S2. The van der Waals surface area contributed by atoms with Crippen molar-refractivity contribution < 1.29 is 13.2 Å². The number of methoxy groups -OCH3 is 1.